The van der Waals surface area contributed by atoms with Crippen molar-refractivity contribution in [2.24, 2.45) is 0 Å². The summed E-state index contributed by atoms with van der Waals surface area (Å²) in [5, 5.41) is 9.74. The molecule has 0 aliphatic carbocycles. The van der Waals surface area contributed by atoms with Gasteiger partial charge in [-0.25, -0.2) is 4.98 Å². The van der Waals surface area contributed by atoms with Crippen molar-refractivity contribution < 1.29 is 27.8 Å². The summed E-state index contributed by atoms with van der Waals surface area (Å²) < 4.78 is 44.3. The molecule has 4 rings (SSSR count). The van der Waals surface area contributed by atoms with Gasteiger partial charge in [0, 0.05) is 21.1 Å². The van der Waals surface area contributed by atoms with E-state index in [9.17, 15) is 18.0 Å². The Kier molecular flexibility index (Phi) is 6.99. The number of hydrogen-bond donors (Lipinski definition) is 1. The number of carboxylic acids is 1. The molecule has 1 unspecified atom stereocenters. The van der Waals surface area contributed by atoms with Gasteiger partial charge in [-0.1, -0.05) is 12.1 Å². The fourth-order valence-electron chi connectivity index (χ4n) is 3.69. The highest BCUT2D eigenvalue weighted by Crippen LogP contribution is 2.37. The second kappa shape index (κ2) is 9.77. The summed E-state index contributed by atoms with van der Waals surface area (Å²) in [7, 11) is 0. The van der Waals surface area contributed by atoms with Crippen LogP contribution in [0.1, 0.15) is 41.0 Å². The van der Waals surface area contributed by atoms with Crippen LogP contribution in [0.2, 0.25) is 0 Å². The van der Waals surface area contributed by atoms with Gasteiger partial charge in [-0.15, -0.1) is 23.1 Å². The van der Waals surface area contributed by atoms with Crippen molar-refractivity contribution in [3.05, 3.63) is 64.2 Å². The minimum atomic E-state index is -4.35. The molecule has 9 heteroatoms. The lowest BCUT2D eigenvalue weighted by Gasteiger charge is -2.15. The molecule has 3 aromatic rings. The lowest BCUT2D eigenvalue weighted by atomic mass is 10.1. The third-order valence-electron chi connectivity index (χ3n) is 5.42. The average Bonchev–Trinajstić information content (AvgIpc) is 3.01. The molecule has 1 atom stereocenters. The maximum absolute atomic E-state index is 12.8. The lowest BCUT2D eigenvalue weighted by Crippen LogP contribution is -2.19. The summed E-state index contributed by atoms with van der Waals surface area (Å²) in [6.07, 6.45) is -2.21. The van der Waals surface area contributed by atoms with Gasteiger partial charge in [-0.2, -0.15) is 13.2 Å². The molecule has 1 aliphatic heterocycles. The van der Waals surface area contributed by atoms with Crippen LogP contribution in [0.15, 0.2) is 47.4 Å². The monoisotopic (exact) mass is 493 g/mol. The first-order valence-corrected chi connectivity index (χ1v) is 12.3. The molecule has 0 bridgehead atoms. The Balaban J connectivity index is 1.43. The molecule has 0 saturated carbocycles. The van der Waals surface area contributed by atoms with Crippen molar-refractivity contribution in [3.63, 3.8) is 0 Å². The SMILES string of the molecule is Cc1nc(-c2ccc(C(F)(F)F)cc2)sc1CSc1ccc2c(c1)CCCC(CC(=O)O)O2. The Morgan fingerprint density at radius 3 is 2.70 bits per heavy atom. The molecule has 0 spiro atoms. The van der Waals surface area contributed by atoms with Gasteiger partial charge in [0.1, 0.15) is 16.9 Å². The number of carboxylic acid groups (broad SMARTS) is 1. The van der Waals surface area contributed by atoms with E-state index in [1.807, 2.05) is 19.1 Å². The van der Waals surface area contributed by atoms with Crippen molar-refractivity contribution >= 4 is 29.1 Å². The van der Waals surface area contributed by atoms with Crippen LogP contribution >= 0.6 is 23.1 Å². The Hall–Kier alpha value is -2.52. The van der Waals surface area contributed by atoms with Gasteiger partial charge in [0.15, 0.2) is 0 Å². The van der Waals surface area contributed by atoms with E-state index in [-0.39, 0.29) is 12.5 Å². The lowest BCUT2D eigenvalue weighted by molar-refractivity contribution is -0.139. The number of nitrogens with zero attached hydrogens (tertiary/aromatic N) is 1. The van der Waals surface area contributed by atoms with E-state index in [1.165, 1.54) is 23.5 Å². The first-order valence-electron chi connectivity index (χ1n) is 10.5. The van der Waals surface area contributed by atoms with Crippen LogP contribution in [0.4, 0.5) is 13.2 Å². The van der Waals surface area contributed by atoms with Gasteiger partial charge in [-0.05, 0) is 62.1 Å². The zero-order valence-electron chi connectivity index (χ0n) is 17.8. The van der Waals surface area contributed by atoms with Gasteiger partial charge < -0.3 is 9.84 Å². The second-order valence-electron chi connectivity index (χ2n) is 7.89. The number of alkyl halides is 3. The Morgan fingerprint density at radius 1 is 1.24 bits per heavy atom. The summed E-state index contributed by atoms with van der Waals surface area (Å²) in [4.78, 5) is 17.7. The number of thiazole rings is 1. The van der Waals surface area contributed by atoms with Crippen LogP contribution < -0.4 is 4.74 Å². The highest BCUT2D eigenvalue weighted by atomic mass is 32.2. The third-order valence-corrected chi connectivity index (χ3v) is 7.83. The number of aliphatic carboxylic acids is 1. The maximum Gasteiger partial charge on any atom is 0.416 e. The quantitative estimate of drug-likeness (QED) is 0.375. The molecule has 2 heterocycles. The zero-order chi connectivity index (χ0) is 23.6. The van der Waals surface area contributed by atoms with E-state index in [0.717, 1.165) is 58.2 Å². The summed E-state index contributed by atoms with van der Waals surface area (Å²) in [5.74, 6) is 0.596. The minimum Gasteiger partial charge on any atom is -0.490 e. The average molecular weight is 494 g/mol. The van der Waals surface area contributed by atoms with Crippen LogP contribution in [-0.2, 0) is 23.1 Å². The molecule has 0 fully saturated rings. The molecule has 1 aromatic heterocycles. The van der Waals surface area contributed by atoms with Crippen LogP contribution in [-0.4, -0.2) is 22.2 Å². The number of aryl methyl sites for hydroxylation is 2. The number of fused-ring (bicyclic) bond motifs is 1. The second-order valence-corrected chi connectivity index (χ2v) is 10.0. The number of benzene rings is 2. The predicted molar refractivity (Wildman–Crippen MR) is 123 cm³/mol. The normalized spacial score (nSPS) is 16.1. The van der Waals surface area contributed by atoms with E-state index >= 15 is 0 Å². The van der Waals surface area contributed by atoms with Crippen molar-refractivity contribution in [1.29, 1.82) is 0 Å². The van der Waals surface area contributed by atoms with Crippen molar-refractivity contribution in [3.8, 4) is 16.3 Å². The van der Waals surface area contributed by atoms with Crippen molar-refractivity contribution in [2.75, 3.05) is 0 Å². The largest absolute Gasteiger partial charge is 0.490 e. The van der Waals surface area contributed by atoms with Gasteiger partial charge >= 0.3 is 12.1 Å². The summed E-state index contributed by atoms with van der Waals surface area (Å²) in [5.41, 5.74) is 1.96. The highest BCUT2D eigenvalue weighted by Gasteiger charge is 2.30. The van der Waals surface area contributed by atoms with E-state index in [4.69, 9.17) is 9.84 Å². The van der Waals surface area contributed by atoms with E-state index in [2.05, 4.69) is 11.1 Å². The zero-order valence-corrected chi connectivity index (χ0v) is 19.4. The van der Waals surface area contributed by atoms with Crippen LogP contribution in [0, 0.1) is 6.92 Å². The van der Waals surface area contributed by atoms with Gasteiger partial charge in [0.2, 0.25) is 0 Å². The number of thioether (sulfide) groups is 1. The number of ether oxygens (including phenoxy) is 1. The first-order chi connectivity index (χ1) is 15.7. The molecule has 0 saturated heterocycles. The Labute approximate surface area is 197 Å². The van der Waals surface area contributed by atoms with Gasteiger partial charge in [0.25, 0.3) is 0 Å². The number of halogens is 3. The third kappa shape index (κ3) is 5.89. The van der Waals surface area contributed by atoms with E-state index in [0.29, 0.717) is 16.3 Å². The Bertz CT molecular complexity index is 1140. The Morgan fingerprint density at radius 2 is 2.00 bits per heavy atom. The fourth-order valence-corrected chi connectivity index (χ4v) is 5.86. The summed E-state index contributed by atoms with van der Waals surface area (Å²) in [6, 6.07) is 11.1. The van der Waals surface area contributed by atoms with E-state index < -0.39 is 17.7 Å². The number of hydrogen-bond acceptors (Lipinski definition) is 5. The standard InChI is InChI=1S/C24H22F3NO3S2/c1-14-21(33-23(28-14)15-5-7-17(8-6-15)24(25,26)27)13-32-19-9-10-20-16(11-19)3-2-4-18(31-20)12-22(29)30/h5-11,18H,2-4,12-13H2,1H3,(H,29,30). The number of rotatable bonds is 6. The van der Waals surface area contributed by atoms with Gasteiger partial charge in [0.05, 0.1) is 17.7 Å². The van der Waals surface area contributed by atoms with Crippen molar-refractivity contribution in [2.45, 2.75) is 55.5 Å². The van der Waals surface area contributed by atoms with Crippen molar-refractivity contribution in [1.82, 2.24) is 4.98 Å². The first kappa shape index (κ1) is 23.6. The molecular weight excluding hydrogens is 471 g/mol. The molecule has 1 N–H and O–H groups in total. The molecule has 0 radical (unpaired) electrons. The van der Waals surface area contributed by atoms with Crippen LogP contribution in [0.25, 0.3) is 10.6 Å². The minimum absolute atomic E-state index is 0.00185. The fraction of sp³-hybridized carbons (Fsp3) is 0.333. The molecule has 33 heavy (non-hydrogen) atoms. The van der Waals surface area contributed by atoms with E-state index in [1.54, 1.807) is 11.8 Å². The molecule has 174 valence electrons. The van der Waals surface area contributed by atoms with Gasteiger partial charge in [-0.3, -0.25) is 4.79 Å². The van der Waals surface area contributed by atoms with Crippen LogP contribution in [0.5, 0.6) is 5.75 Å². The smallest absolute Gasteiger partial charge is 0.416 e. The summed E-state index contributed by atoms with van der Waals surface area (Å²) >= 11 is 3.15. The molecule has 1 aliphatic rings. The highest BCUT2D eigenvalue weighted by molar-refractivity contribution is 7.98. The predicted octanol–water partition coefficient (Wildman–Crippen LogP) is 6.99. The molecular formula is C24H22F3NO3S2. The number of carbonyl (C=O) groups is 1. The van der Waals surface area contributed by atoms with Crippen LogP contribution in [0.3, 0.4) is 0 Å². The topological polar surface area (TPSA) is 59.4 Å². The number of aromatic nitrogens is 1. The molecule has 0 amide bonds. The maximum atomic E-state index is 12.8. The summed E-state index contributed by atoms with van der Waals surface area (Å²) in [6.45, 7) is 1.91. The molecule has 4 nitrogen and oxygen atoms in total. The molecule has 2 aromatic carbocycles.